The van der Waals surface area contributed by atoms with Gasteiger partial charge in [0.05, 0.1) is 12.5 Å². The van der Waals surface area contributed by atoms with Crippen molar-refractivity contribution in [2.75, 3.05) is 26.2 Å². The highest BCUT2D eigenvalue weighted by atomic mass is 16.4. The third kappa shape index (κ3) is 3.87. The summed E-state index contributed by atoms with van der Waals surface area (Å²) in [4.78, 5) is 25.8. The molecule has 1 saturated heterocycles. The molecule has 0 radical (unpaired) electrons. The van der Waals surface area contributed by atoms with Crippen LogP contribution in [0.4, 0.5) is 4.79 Å². The van der Waals surface area contributed by atoms with Crippen molar-refractivity contribution in [1.29, 1.82) is 0 Å². The molecule has 0 saturated carbocycles. The summed E-state index contributed by atoms with van der Waals surface area (Å²) in [6, 6.07) is -0.176. The van der Waals surface area contributed by atoms with Crippen molar-refractivity contribution in [1.82, 2.24) is 9.80 Å². The molecule has 0 spiro atoms. The molecule has 0 bridgehead atoms. The van der Waals surface area contributed by atoms with Gasteiger partial charge in [-0.2, -0.15) is 0 Å². The highest BCUT2D eigenvalue weighted by molar-refractivity contribution is 5.75. The molecule has 0 aromatic heterocycles. The summed E-state index contributed by atoms with van der Waals surface area (Å²) in [6.07, 6.45) is 0.247. The predicted octanol–water partition coefficient (Wildman–Crippen LogP) is 0.606. The van der Waals surface area contributed by atoms with Gasteiger partial charge in [-0.05, 0) is 19.3 Å². The smallest absolute Gasteiger partial charge is 0.320 e. The molecule has 1 aliphatic heterocycles. The van der Waals surface area contributed by atoms with Crippen LogP contribution in [0.25, 0.3) is 0 Å². The highest BCUT2D eigenvalue weighted by Crippen LogP contribution is 2.18. The average molecular weight is 258 g/mol. The van der Waals surface area contributed by atoms with Gasteiger partial charge in [-0.25, -0.2) is 4.79 Å². The van der Waals surface area contributed by atoms with E-state index in [0.29, 0.717) is 19.6 Å². The summed E-state index contributed by atoms with van der Waals surface area (Å²) in [5, 5.41) is 18.4. The minimum absolute atomic E-state index is 0.0492. The number of hydrogen-bond donors (Lipinski definition) is 2. The summed E-state index contributed by atoms with van der Waals surface area (Å²) in [6.45, 7) is 5.45. The Kier molecular flexibility index (Phi) is 5.40. The van der Waals surface area contributed by atoms with Gasteiger partial charge in [0, 0.05) is 26.2 Å². The molecule has 2 amide bonds. The zero-order valence-corrected chi connectivity index (χ0v) is 11.0. The minimum Gasteiger partial charge on any atom is -0.481 e. The Hall–Kier alpha value is -1.30. The first-order valence-electron chi connectivity index (χ1n) is 6.39. The number of aliphatic carboxylic acids is 1. The zero-order chi connectivity index (χ0) is 13.7. The quantitative estimate of drug-likeness (QED) is 0.774. The van der Waals surface area contributed by atoms with Crippen LogP contribution in [0, 0.1) is 5.92 Å². The highest BCUT2D eigenvalue weighted by Gasteiger charge is 2.29. The number of urea groups is 1. The molecule has 6 heteroatoms. The van der Waals surface area contributed by atoms with Crippen LogP contribution >= 0.6 is 0 Å². The molecule has 2 atom stereocenters. The van der Waals surface area contributed by atoms with Crippen molar-refractivity contribution < 1.29 is 19.8 Å². The zero-order valence-electron chi connectivity index (χ0n) is 11.0. The number of carboxylic acids is 1. The number of piperidine rings is 1. The maximum atomic E-state index is 12.1. The second kappa shape index (κ2) is 6.58. The fourth-order valence-electron chi connectivity index (χ4n) is 2.04. The van der Waals surface area contributed by atoms with E-state index in [1.807, 2.05) is 13.8 Å². The lowest BCUT2D eigenvalue weighted by Crippen LogP contribution is -2.51. The molecule has 1 heterocycles. The van der Waals surface area contributed by atoms with E-state index in [4.69, 9.17) is 5.11 Å². The van der Waals surface area contributed by atoms with Crippen molar-refractivity contribution in [3.8, 4) is 0 Å². The summed E-state index contributed by atoms with van der Waals surface area (Å²) in [5.74, 6) is -0.698. The van der Waals surface area contributed by atoms with E-state index in [-0.39, 0.29) is 24.9 Å². The van der Waals surface area contributed by atoms with Gasteiger partial charge < -0.3 is 20.0 Å². The van der Waals surface area contributed by atoms with Crippen molar-refractivity contribution >= 4 is 12.0 Å². The normalized spacial score (nSPS) is 23.8. The van der Waals surface area contributed by atoms with Gasteiger partial charge in [0.1, 0.15) is 0 Å². The third-order valence-electron chi connectivity index (χ3n) is 3.44. The largest absolute Gasteiger partial charge is 0.481 e. The van der Waals surface area contributed by atoms with Crippen LogP contribution in [0.2, 0.25) is 0 Å². The molecule has 1 rings (SSSR count). The van der Waals surface area contributed by atoms with Crippen molar-refractivity contribution in [2.24, 2.45) is 5.92 Å². The second-order valence-corrected chi connectivity index (χ2v) is 4.79. The van der Waals surface area contributed by atoms with E-state index in [9.17, 15) is 14.7 Å². The van der Waals surface area contributed by atoms with Gasteiger partial charge in [0.25, 0.3) is 0 Å². The van der Waals surface area contributed by atoms with E-state index in [1.165, 1.54) is 4.90 Å². The monoisotopic (exact) mass is 258 g/mol. The van der Waals surface area contributed by atoms with Crippen LogP contribution in [-0.2, 0) is 4.79 Å². The average Bonchev–Trinajstić information content (AvgIpc) is 2.32. The molecule has 2 N–H and O–H groups in total. The number of carbonyl (C=O) groups is 2. The van der Waals surface area contributed by atoms with E-state index in [2.05, 4.69) is 0 Å². The molecule has 1 aliphatic rings. The molecule has 0 aromatic carbocycles. The predicted molar refractivity (Wildman–Crippen MR) is 66.3 cm³/mol. The lowest BCUT2D eigenvalue weighted by atomic mass is 9.96. The molecule has 6 nitrogen and oxygen atoms in total. The first kappa shape index (κ1) is 14.8. The van der Waals surface area contributed by atoms with Crippen molar-refractivity contribution in [3.05, 3.63) is 0 Å². The van der Waals surface area contributed by atoms with Gasteiger partial charge in [-0.1, -0.05) is 6.92 Å². The number of amides is 2. The molecule has 1 fully saturated rings. The summed E-state index contributed by atoms with van der Waals surface area (Å²) < 4.78 is 0. The molecule has 0 aliphatic carbocycles. The fourth-order valence-corrected chi connectivity index (χ4v) is 2.04. The van der Waals surface area contributed by atoms with Gasteiger partial charge in [-0.3, -0.25) is 4.79 Å². The summed E-state index contributed by atoms with van der Waals surface area (Å²) in [5.41, 5.74) is 0. The van der Waals surface area contributed by atoms with Crippen molar-refractivity contribution in [2.45, 2.75) is 32.8 Å². The number of β-amino-alcohol motifs (C(OH)–C–C–N with tert-alkyl or cyclic N) is 1. The Balaban J connectivity index is 2.53. The van der Waals surface area contributed by atoms with Gasteiger partial charge >= 0.3 is 12.0 Å². The Morgan fingerprint density at radius 3 is 2.61 bits per heavy atom. The Labute approximate surface area is 107 Å². The third-order valence-corrected chi connectivity index (χ3v) is 3.44. The number of likely N-dealkylation sites (tertiary alicyclic amines) is 1. The van der Waals surface area contributed by atoms with Crippen LogP contribution in [0.5, 0.6) is 0 Å². The lowest BCUT2D eigenvalue weighted by Gasteiger charge is -2.37. The van der Waals surface area contributed by atoms with E-state index in [1.54, 1.807) is 4.90 Å². The number of aliphatic hydroxyl groups excluding tert-OH is 1. The SMILES string of the molecule is CCN(CCC(=O)O)C(=O)N1CCC(C)C(O)C1. The minimum atomic E-state index is -0.909. The Morgan fingerprint density at radius 1 is 1.44 bits per heavy atom. The lowest BCUT2D eigenvalue weighted by molar-refractivity contribution is -0.137. The summed E-state index contributed by atoms with van der Waals surface area (Å²) >= 11 is 0. The maximum Gasteiger partial charge on any atom is 0.320 e. The first-order chi connectivity index (χ1) is 8.45. The number of nitrogens with zero attached hydrogens (tertiary/aromatic N) is 2. The Bertz CT molecular complexity index is 308. The number of rotatable bonds is 4. The van der Waals surface area contributed by atoms with Crippen LogP contribution in [0.3, 0.4) is 0 Å². The maximum absolute atomic E-state index is 12.1. The second-order valence-electron chi connectivity index (χ2n) is 4.79. The van der Waals surface area contributed by atoms with Crippen LogP contribution in [0.15, 0.2) is 0 Å². The van der Waals surface area contributed by atoms with Crippen LogP contribution in [-0.4, -0.2) is 64.3 Å². The first-order valence-corrected chi connectivity index (χ1v) is 6.39. The molecular formula is C12H22N2O4. The molecule has 2 unspecified atom stereocenters. The van der Waals surface area contributed by atoms with E-state index < -0.39 is 12.1 Å². The molecule has 18 heavy (non-hydrogen) atoms. The molecule has 104 valence electrons. The van der Waals surface area contributed by atoms with Crippen molar-refractivity contribution in [3.63, 3.8) is 0 Å². The number of hydrogen-bond acceptors (Lipinski definition) is 3. The van der Waals surface area contributed by atoms with E-state index >= 15 is 0 Å². The summed E-state index contributed by atoms with van der Waals surface area (Å²) in [7, 11) is 0. The van der Waals surface area contributed by atoms with Gasteiger partial charge in [0.15, 0.2) is 0 Å². The Morgan fingerprint density at radius 2 is 2.11 bits per heavy atom. The van der Waals surface area contributed by atoms with Crippen LogP contribution < -0.4 is 0 Å². The van der Waals surface area contributed by atoms with Gasteiger partial charge in [-0.15, -0.1) is 0 Å². The topological polar surface area (TPSA) is 81.1 Å². The van der Waals surface area contributed by atoms with Crippen LogP contribution in [0.1, 0.15) is 26.7 Å². The fraction of sp³-hybridized carbons (Fsp3) is 0.833. The molecular weight excluding hydrogens is 236 g/mol. The van der Waals surface area contributed by atoms with Gasteiger partial charge in [0.2, 0.25) is 0 Å². The number of carboxylic acid groups (broad SMARTS) is 1. The van der Waals surface area contributed by atoms with E-state index in [0.717, 1.165) is 6.42 Å². The number of aliphatic hydroxyl groups is 1. The number of carbonyl (C=O) groups excluding carboxylic acids is 1. The molecule has 0 aromatic rings. The standard InChI is InChI=1S/C12H22N2O4/c1-3-13(7-5-11(16)17)12(18)14-6-4-9(2)10(15)8-14/h9-10,15H,3-8H2,1-2H3,(H,16,17).